The van der Waals surface area contributed by atoms with Gasteiger partial charge in [-0.25, -0.2) is 0 Å². The molecule has 1 aromatic heterocycles. The van der Waals surface area contributed by atoms with E-state index >= 15 is 0 Å². The van der Waals surface area contributed by atoms with Crippen molar-refractivity contribution in [3.8, 4) is 0 Å². The van der Waals surface area contributed by atoms with Crippen LogP contribution in [0.25, 0.3) is 0 Å². The number of nitrogens with two attached hydrogens (primary N) is 1. The zero-order chi connectivity index (χ0) is 14.7. The highest BCUT2D eigenvalue weighted by Gasteiger charge is 2.38. The summed E-state index contributed by atoms with van der Waals surface area (Å²) in [5.41, 5.74) is 7.31. The minimum atomic E-state index is -0.488. The maximum absolute atomic E-state index is 12.5. The molecule has 1 fully saturated rings. The van der Waals surface area contributed by atoms with E-state index in [1.807, 2.05) is 13.8 Å². The lowest BCUT2D eigenvalue weighted by Crippen LogP contribution is -2.46. The Bertz CT molecular complexity index is 518. The van der Waals surface area contributed by atoms with Crippen LogP contribution in [-0.4, -0.2) is 46.9 Å². The van der Waals surface area contributed by atoms with Gasteiger partial charge >= 0.3 is 0 Å². The van der Waals surface area contributed by atoms with Crippen molar-refractivity contribution in [1.29, 1.82) is 0 Å². The number of likely N-dealkylation sites (tertiary alicyclic amines) is 1. The molecule has 6 heteroatoms. The molecule has 1 aliphatic heterocycles. The third kappa shape index (κ3) is 2.96. The number of nitrogens with one attached hydrogen (secondary N) is 1. The number of amides is 2. The highest BCUT2D eigenvalue weighted by atomic mass is 16.2. The molecule has 1 saturated heterocycles. The van der Waals surface area contributed by atoms with Gasteiger partial charge in [0.2, 0.25) is 5.91 Å². The second-order valence-corrected chi connectivity index (χ2v) is 5.11. The van der Waals surface area contributed by atoms with Crippen LogP contribution in [0.15, 0.2) is 18.5 Å². The maximum atomic E-state index is 12.5. The van der Waals surface area contributed by atoms with Crippen LogP contribution in [0.2, 0.25) is 0 Å². The van der Waals surface area contributed by atoms with E-state index in [-0.39, 0.29) is 17.9 Å². The molecule has 0 unspecified atom stereocenters. The van der Waals surface area contributed by atoms with Gasteiger partial charge < -0.3 is 16.0 Å². The fraction of sp³-hybridized carbons (Fsp3) is 0.500. The Morgan fingerprint density at radius 2 is 2.25 bits per heavy atom. The molecule has 0 bridgehead atoms. The average Bonchev–Trinajstić information content (AvgIpc) is 2.80. The van der Waals surface area contributed by atoms with Gasteiger partial charge in [0.15, 0.2) is 0 Å². The molecule has 2 atom stereocenters. The van der Waals surface area contributed by atoms with Crippen LogP contribution in [0.5, 0.6) is 0 Å². The fourth-order valence-electron chi connectivity index (χ4n) is 2.47. The molecule has 0 aromatic carbocycles. The number of carbonyl (C=O) groups excluding carboxylic acids is 2. The average molecular weight is 276 g/mol. The number of carbonyl (C=O) groups is 2. The number of likely N-dealkylation sites (N-methyl/N-ethyl adjacent to an activating group) is 1. The number of hydrogen-bond donors (Lipinski definition) is 2. The highest BCUT2D eigenvalue weighted by molar-refractivity contribution is 5.98. The van der Waals surface area contributed by atoms with Crippen LogP contribution < -0.4 is 11.1 Å². The lowest BCUT2D eigenvalue weighted by molar-refractivity contribution is -0.124. The molecule has 0 saturated carbocycles. The molecule has 108 valence electrons. The number of rotatable bonds is 3. The van der Waals surface area contributed by atoms with E-state index in [9.17, 15) is 9.59 Å². The van der Waals surface area contributed by atoms with Gasteiger partial charge in [0, 0.05) is 31.5 Å². The SMILES string of the molecule is CCNC(=O)[C@@H]1C[C@H](N)CN1C(=O)c1cncc(C)c1. The van der Waals surface area contributed by atoms with Gasteiger partial charge in [-0.05, 0) is 31.9 Å². The van der Waals surface area contributed by atoms with E-state index in [1.54, 1.807) is 17.2 Å². The monoisotopic (exact) mass is 276 g/mol. The highest BCUT2D eigenvalue weighted by Crippen LogP contribution is 2.20. The third-order valence-electron chi connectivity index (χ3n) is 3.37. The summed E-state index contributed by atoms with van der Waals surface area (Å²) in [4.78, 5) is 30.1. The minimum absolute atomic E-state index is 0.144. The fourth-order valence-corrected chi connectivity index (χ4v) is 2.47. The molecule has 2 heterocycles. The molecule has 0 aliphatic carbocycles. The van der Waals surface area contributed by atoms with Crippen LogP contribution in [0.4, 0.5) is 0 Å². The van der Waals surface area contributed by atoms with Crippen LogP contribution in [-0.2, 0) is 4.79 Å². The Labute approximate surface area is 118 Å². The molecule has 0 radical (unpaired) electrons. The van der Waals surface area contributed by atoms with Gasteiger partial charge in [-0.2, -0.15) is 0 Å². The van der Waals surface area contributed by atoms with Crippen LogP contribution in [0, 0.1) is 6.92 Å². The molecule has 1 aliphatic rings. The Kier molecular flexibility index (Phi) is 4.34. The quantitative estimate of drug-likeness (QED) is 0.817. The first-order chi connectivity index (χ1) is 9.52. The number of aryl methyl sites for hydroxylation is 1. The van der Waals surface area contributed by atoms with Crippen LogP contribution in [0.1, 0.15) is 29.3 Å². The molecule has 20 heavy (non-hydrogen) atoms. The van der Waals surface area contributed by atoms with Gasteiger partial charge in [0.05, 0.1) is 5.56 Å². The molecule has 2 amide bonds. The summed E-state index contributed by atoms with van der Waals surface area (Å²) in [6.07, 6.45) is 3.71. The van der Waals surface area contributed by atoms with Crippen molar-refractivity contribution in [2.24, 2.45) is 5.73 Å². The van der Waals surface area contributed by atoms with Crippen molar-refractivity contribution in [2.45, 2.75) is 32.4 Å². The molecule has 3 N–H and O–H groups in total. The van der Waals surface area contributed by atoms with Gasteiger partial charge in [0.25, 0.3) is 5.91 Å². The molecular weight excluding hydrogens is 256 g/mol. The molecular formula is C14H20N4O2. The van der Waals surface area contributed by atoms with Gasteiger partial charge in [0.1, 0.15) is 6.04 Å². The summed E-state index contributed by atoms with van der Waals surface area (Å²) in [5, 5.41) is 2.75. The summed E-state index contributed by atoms with van der Waals surface area (Å²) < 4.78 is 0. The van der Waals surface area contributed by atoms with E-state index in [0.717, 1.165) is 5.56 Å². The Hall–Kier alpha value is -1.95. The zero-order valence-corrected chi connectivity index (χ0v) is 11.8. The number of nitrogens with zero attached hydrogens (tertiary/aromatic N) is 2. The summed E-state index contributed by atoms with van der Waals surface area (Å²) in [6.45, 7) is 4.66. The lowest BCUT2D eigenvalue weighted by atomic mass is 10.1. The topological polar surface area (TPSA) is 88.3 Å². The molecule has 1 aromatic rings. The second kappa shape index (κ2) is 6.00. The largest absolute Gasteiger partial charge is 0.355 e. The predicted octanol–water partition coefficient (Wildman–Crippen LogP) is 0.0679. The summed E-state index contributed by atoms with van der Waals surface area (Å²) in [7, 11) is 0. The van der Waals surface area contributed by atoms with E-state index in [1.165, 1.54) is 6.20 Å². The van der Waals surface area contributed by atoms with Gasteiger partial charge in [-0.1, -0.05) is 0 Å². The summed E-state index contributed by atoms with van der Waals surface area (Å²) >= 11 is 0. The van der Waals surface area contributed by atoms with E-state index in [4.69, 9.17) is 5.73 Å². The Morgan fingerprint density at radius 1 is 1.50 bits per heavy atom. The zero-order valence-electron chi connectivity index (χ0n) is 11.8. The van der Waals surface area contributed by atoms with Crippen molar-refractivity contribution in [2.75, 3.05) is 13.1 Å². The van der Waals surface area contributed by atoms with Crippen LogP contribution >= 0.6 is 0 Å². The van der Waals surface area contributed by atoms with Crippen molar-refractivity contribution >= 4 is 11.8 Å². The molecule has 6 nitrogen and oxygen atoms in total. The summed E-state index contributed by atoms with van der Waals surface area (Å²) in [6, 6.07) is 1.12. The first kappa shape index (κ1) is 14.5. The maximum Gasteiger partial charge on any atom is 0.256 e. The smallest absolute Gasteiger partial charge is 0.256 e. The van der Waals surface area contributed by atoms with Crippen molar-refractivity contribution in [3.05, 3.63) is 29.6 Å². The third-order valence-corrected chi connectivity index (χ3v) is 3.37. The van der Waals surface area contributed by atoms with Crippen molar-refractivity contribution in [3.63, 3.8) is 0 Å². The van der Waals surface area contributed by atoms with E-state index in [0.29, 0.717) is 25.1 Å². The Balaban J connectivity index is 2.20. The number of pyridine rings is 1. The minimum Gasteiger partial charge on any atom is -0.355 e. The predicted molar refractivity (Wildman–Crippen MR) is 75.1 cm³/mol. The Morgan fingerprint density at radius 3 is 2.90 bits per heavy atom. The van der Waals surface area contributed by atoms with Crippen molar-refractivity contribution in [1.82, 2.24) is 15.2 Å². The molecule has 0 spiro atoms. The summed E-state index contributed by atoms with van der Waals surface area (Å²) in [5.74, 6) is -0.334. The van der Waals surface area contributed by atoms with Crippen LogP contribution in [0.3, 0.4) is 0 Å². The van der Waals surface area contributed by atoms with E-state index < -0.39 is 6.04 Å². The van der Waals surface area contributed by atoms with Gasteiger partial charge in [-0.3, -0.25) is 14.6 Å². The first-order valence-corrected chi connectivity index (χ1v) is 6.78. The first-order valence-electron chi connectivity index (χ1n) is 6.78. The van der Waals surface area contributed by atoms with Crippen molar-refractivity contribution < 1.29 is 9.59 Å². The van der Waals surface area contributed by atoms with E-state index in [2.05, 4.69) is 10.3 Å². The lowest BCUT2D eigenvalue weighted by Gasteiger charge is -2.23. The number of aromatic nitrogens is 1. The van der Waals surface area contributed by atoms with Gasteiger partial charge in [-0.15, -0.1) is 0 Å². The standard InChI is InChI=1S/C14H20N4O2/c1-3-17-13(19)12-5-11(15)8-18(12)14(20)10-4-9(2)6-16-7-10/h4,6-7,11-12H,3,5,8,15H2,1-2H3,(H,17,19)/t11-,12-/m0/s1. The normalized spacial score (nSPS) is 21.9. The number of hydrogen-bond acceptors (Lipinski definition) is 4. The molecule has 2 rings (SSSR count). The second-order valence-electron chi connectivity index (χ2n) is 5.11.